The molecule has 0 spiro atoms. The van der Waals surface area contributed by atoms with Crippen LogP contribution in [-0.2, 0) is 11.3 Å². The number of hydrogen-bond donors (Lipinski definition) is 3. The minimum Gasteiger partial charge on any atom is -0.450 e. The highest BCUT2D eigenvalue weighted by molar-refractivity contribution is 5.79. The van der Waals surface area contributed by atoms with Crippen LogP contribution in [0.2, 0.25) is 0 Å². The average Bonchev–Trinajstić information content (AvgIpc) is 3.44. The van der Waals surface area contributed by atoms with Crippen molar-refractivity contribution in [2.24, 2.45) is 10.9 Å². The van der Waals surface area contributed by atoms with Crippen LogP contribution in [0.4, 0.5) is 13.6 Å². The van der Waals surface area contributed by atoms with Crippen molar-refractivity contribution >= 4 is 12.1 Å². The fraction of sp³-hybridized carbons (Fsp3) is 0.556. The molecule has 1 saturated carbocycles. The summed E-state index contributed by atoms with van der Waals surface area (Å²) in [4.78, 5) is 15.9. The van der Waals surface area contributed by atoms with Gasteiger partial charge in [0.15, 0.2) is 5.96 Å². The Bertz CT molecular complexity index is 636. The number of halogens is 2. The number of aliphatic imine (C=N–C) groups is 1. The fourth-order valence-corrected chi connectivity index (χ4v) is 2.54. The lowest BCUT2D eigenvalue weighted by Crippen LogP contribution is -2.48. The van der Waals surface area contributed by atoms with Crippen molar-refractivity contribution in [3.8, 4) is 0 Å². The van der Waals surface area contributed by atoms with Gasteiger partial charge in [0.1, 0.15) is 11.6 Å². The van der Waals surface area contributed by atoms with Crippen LogP contribution in [-0.4, -0.2) is 37.8 Å². The van der Waals surface area contributed by atoms with E-state index < -0.39 is 17.7 Å². The Labute approximate surface area is 152 Å². The molecule has 1 fully saturated rings. The van der Waals surface area contributed by atoms with Gasteiger partial charge in [0.2, 0.25) is 0 Å². The normalized spacial score (nSPS) is 15.3. The summed E-state index contributed by atoms with van der Waals surface area (Å²) in [6.45, 7) is 5.09. The number of rotatable bonds is 8. The Morgan fingerprint density at radius 3 is 2.73 bits per heavy atom. The first kappa shape index (κ1) is 19.9. The van der Waals surface area contributed by atoms with Crippen LogP contribution in [0.1, 0.15) is 32.3 Å². The predicted octanol–water partition coefficient (Wildman–Crippen LogP) is 2.54. The second-order valence-electron chi connectivity index (χ2n) is 6.12. The van der Waals surface area contributed by atoms with E-state index in [9.17, 15) is 13.6 Å². The minimum atomic E-state index is -0.498. The summed E-state index contributed by atoms with van der Waals surface area (Å²) in [5.74, 6) is -0.101. The van der Waals surface area contributed by atoms with Crippen molar-refractivity contribution in [2.75, 3.05) is 19.7 Å². The van der Waals surface area contributed by atoms with Crippen LogP contribution in [0.15, 0.2) is 23.2 Å². The highest BCUT2D eigenvalue weighted by Crippen LogP contribution is 2.32. The molecule has 0 saturated heterocycles. The maximum Gasteiger partial charge on any atom is 0.407 e. The summed E-state index contributed by atoms with van der Waals surface area (Å²) >= 11 is 0. The number of carbonyl (C=O) groups excluding carboxylic acids is 1. The van der Waals surface area contributed by atoms with Crippen molar-refractivity contribution in [3.05, 3.63) is 35.4 Å². The molecular weight excluding hydrogens is 342 g/mol. The monoisotopic (exact) mass is 368 g/mol. The Morgan fingerprint density at radius 2 is 2.08 bits per heavy atom. The van der Waals surface area contributed by atoms with Crippen LogP contribution in [0.5, 0.6) is 0 Å². The number of hydrogen-bond acceptors (Lipinski definition) is 3. The number of alkyl carbamates (subject to hydrolysis) is 1. The van der Waals surface area contributed by atoms with E-state index in [1.54, 1.807) is 6.92 Å². The van der Waals surface area contributed by atoms with Crippen LogP contribution in [0, 0.1) is 17.6 Å². The van der Waals surface area contributed by atoms with Gasteiger partial charge in [-0.3, -0.25) is 0 Å². The molecule has 1 aromatic rings. The summed E-state index contributed by atoms with van der Waals surface area (Å²) in [5, 5.41) is 9.06. The molecule has 0 radical (unpaired) electrons. The third kappa shape index (κ3) is 6.50. The summed E-state index contributed by atoms with van der Waals surface area (Å²) < 4.78 is 31.9. The third-order valence-corrected chi connectivity index (χ3v) is 4.02. The molecule has 26 heavy (non-hydrogen) atoms. The van der Waals surface area contributed by atoms with Gasteiger partial charge in [-0.05, 0) is 50.8 Å². The van der Waals surface area contributed by atoms with Gasteiger partial charge in [-0.25, -0.2) is 18.6 Å². The first-order valence-corrected chi connectivity index (χ1v) is 8.92. The van der Waals surface area contributed by atoms with Crippen LogP contribution >= 0.6 is 0 Å². The Kier molecular flexibility index (Phi) is 7.62. The molecular formula is C18H26F2N4O2. The van der Waals surface area contributed by atoms with Crippen molar-refractivity contribution in [2.45, 2.75) is 39.3 Å². The van der Waals surface area contributed by atoms with Gasteiger partial charge in [0.05, 0.1) is 19.2 Å². The van der Waals surface area contributed by atoms with Gasteiger partial charge in [0.25, 0.3) is 0 Å². The standard InChI is InChI=1S/C18H26F2N4O2/c1-3-21-17(22-10-13-9-14(19)7-8-15(13)20)23-11-16(12-5-6-12)24-18(25)26-4-2/h7-9,12,16H,3-6,10-11H2,1-2H3,(H,24,25)(H2,21,22,23). The summed E-state index contributed by atoms with van der Waals surface area (Å²) in [6.07, 6.45) is 1.68. The van der Waals surface area contributed by atoms with Gasteiger partial charge in [0, 0.05) is 18.7 Å². The van der Waals surface area contributed by atoms with Crippen molar-refractivity contribution in [3.63, 3.8) is 0 Å². The molecule has 1 atom stereocenters. The molecule has 0 bridgehead atoms. The Hall–Kier alpha value is -2.38. The molecule has 3 N–H and O–H groups in total. The lowest BCUT2D eigenvalue weighted by Gasteiger charge is -2.20. The molecule has 1 aromatic carbocycles. The van der Waals surface area contributed by atoms with E-state index in [1.165, 1.54) is 0 Å². The third-order valence-electron chi connectivity index (χ3n) is 4.02. The second kappa shape index (κ2) is 9.94. The lowest BCUT2D eigenvalue weighted by molar-refractivity contribution is 0.146. The Morgan fingerprint density at radius 1 is 1.31 bits per heavy atom. The van der Waals surface area contributed by atoms with Crippen molar-refractivity contribution in [1.29, 1.82) is 0 Å². The number of guanidine groups is 1. The summed E-state index contributed by atoms with van der Waals surface area (Å²) in [7, 11) is 0. The Balaban J connectivity index is 1.95. The number of nitrogens with one attached hydrogen (secondary N) is 3. The van der Waals surface area contributed by atoms with E-state index >= 15 is 0 Å². The summed E-state index contributed by atoms with van der Waals surface area (Å²) in [6, 6.07) is 3.24. The number of carbonyl (C=O) groups is 1. The SMILES string of the molecule is CCNC(=NCc1cc(F)ccc1F)NCC(NC(=O)OCC)C1CC1. The van der Waals surface area contributed by atoms with E-state index in [0.717, 1.165) is 31.0 Å². The lowest BCUT2D eigenvalue weighted by atomic mass is 10.2. The smallest absolute Gasteiger partial charge is 0.407 e. The largest absolute Gasteiger partial charge is 0.450 e. The van der Waals surface area contributed by atoms with E-state index in [-0.39, 0.29) is 18.2 Å². The van der Waals surface area contributed by atoms with Crippen LogP contribution in [0.3, 0.4) is 0 Å². The second-order valence-corrected chi connectivity index (χ2v) is 6.12. The predicted molar refractivity (Wildman–Crippen MR) is 95.8 cm³/mol. The van der Waals surface area contributed by atoms with E-state index in [4.69, 9.17) is 4.74 Å². The molecule has 2 rings (SSSR count). The number of benzene rings is 1. The molecule has 0 heterocycles. The van der Waals surface area contributed by atoms with Gasteiger partial charge in [-0.1, -0.05) is 0 Å². The van der Waals surface area contributed by atoms with Crippen molar-refractivity contribution < 1.29 is 18.3 Å². The fourth-order valence-electron chi connectivity index (χ4n) is 2.54. The van der Waals surface area contributed by atoms with Gasteiger partial charge >= 0.3 is 6.09 Å². The number of ether oxygens (including phenoxy) is 1. The molecule has 0 aromatic heterocycles. The first-order valence-electron chi connectivity index (χ1n) is 8.92. The van der Waals surface area contributed by atoms with E-state index in [0.29, 0.717) is 31.6 Å². The van der Waals surface area contributed by atoms with E-state index in [2.05, 4.69) is 20.9 Å². The van der Waals surface area contributed by atoms with Crippen LogP contribution < -0.4 is 16.0 Å². The number of amides is 1. The molecule has 6 nitrogen and oxygen atoms in total. The van der Waals surface area contributed by atoms with E-state index in [1.807, 2.05) is 6.92 Å². The number of nitrogens with zero attached hydrogens (tertiary/aromatic N) is 1. The first-order chi connectivity index (χ1) is 12.5. The molecule has 8 heteroatoms. The maximum absolute atomic E-state index is 13.7. The summed E-state index contributed by atoms with van der Waals surface area (Å²) in [5.41, 5.74) is 0.186. The molecule has 0 aliphatic heterocycles. The van der Waals surface area contributed by atoms with Crippen molar-refractivity contribution in [1.82, 2.24) is 16.0 Å². The zero-order valence-electron chi connectivity index (χ0n) is 15.1. The topological polar surface area (TPSA) is 74.8 Å². The highest BCUT2D eigenvalue weighted by atomic mass is 19.1. The average molecular weight is 368 g/mol. The minimum absolute atomic E-state index is 0.0122. The zero-order valence-corrected chi connectivity index (χ0v) is 15.1. The molecule has 144 valence electrons. The van der Waals surface area contributed by atoms with Crippen LogP contribution in [0.25, 0.3) is 0 Å². The highest BCUT2D eigenvalue weighted by Gasteiger charge is 2.32. The van der Waals surface area contributed by atoms with Gasteiger partial charge < -0.3 is 20.7 Å². The zero-order chi connectivity index (χ0) is 18.9. The molecule has 1 aliphatic rings. The van der Waals surface area contributed by atoms with Gasteiger partial charge in [-0.15, -0.1) is 0 Å². The maximum atomic E-state index is 13.7. The molecule has 1 aliphatic carbocycles. The molecule has 1 unspecified atom stereocenters. The van der Waals surface area contributed by atoms with Gasteiger partial charge in [-0.2, -0.15) is 0 Å². The quantitative estimate of drug-likeness (QED) is 0.487. The molecule has 1 amide bonds.